The lowest BCUT2D eigenvalue weighted by atomic mass is 10.1. The van der Waals surface area contributed by atoms with Gasteiger partial charge < -0.3 is 4.90 Å². The Labute approximate surface area is 117 Å². The molecule has 0 N–H and O–H groups in total. The fraction of sp³-hybridized carbons (Fsp3) is 0.312. The summed E-state index contributed by atoms with van der Waals surface area (Å²) < 4.78 is 0. The van der Waals surface area contributed by atoms with Gasteiger partial charge in [-0.15, -0.1) is 11.3 Å². The lowest BCUT2D eigenvalue weighted by Gasteiger charge is -2.22. The van der Waals surface area contributed by atoms with Crippen LogP contribution in [0.3, 0.4) is 0 Å². The smallest absolute Gasteiger partial charge is 0.254 e. The maximum absolute atomic E-state index is 12.6. The number of carbonyl (C=O) groups is 1. The van der Waals surface area contributed by atoms with Crippen LogP contribution < -0.4 is 0 Å². The number of thiophene rings is 1. The maximum Gasteiger partial charge on any atom is 0.254 e. The second-order valence-corrected chi connectivity index (χ2v) is 6.14. The monoisotopic (exact) mass is 271 g/mol. The van der Waals surface area contributed by atoms with E-state index in [4.69, 9.17) is 0 Å². The van der Waals surface area contributed by atoms with Crippen LogP contribution in [0.1, 0.15) is 33.6 Å². The minimum absolute atomic E-state index is 0.163. The van der Waals surface area contributed by atoms with E-state index in [9.17, 15) is 4.79 Å². The van der Waals surface area contributed by atoms with E-state index < -0.39 is 0 Å². The van der Waals surface area contributed by atoms with Gasteiger partial charge in [0.15, 0.2) is 0 Å². The molecule has 2 nitrogen and oxygen atoms in total. The fourth-order valence-corrected chi connectivity index (χ4v) is 2.89. The second-order valence-electron chi connectivity index (χ2n) is 5.11. The lowest BCUT2D eigenvalue weighted by Crippen LogP contribution is -2.32. The predicted octanol–water partition coefficient (Wildman–Crippen LogP) is 3.86. The van der Waals surface area contributed by atoms with Gasteiger partial charge in [0, 0.05) is 16.5 Å². The Bertz CT molecular complexity index is 555. The van der Waals surface area contributed by atoms with E-state index in [-0.39, 0.29) is 5.91 Å². The molecular weight excluding hydrogens is 254 g/mol. The molecule has 1 heterocycles. The number of benzene rings is 1. The molecule has 0 unspecified atom stereocenters. The van der Waals surface area contributed by atoms with Gasteiger partial charge in [0.05, 0.1) is 6.54 Å². The van der Waals surface area contributed by atoms with Gasteiger partial charge in [-0.25, -0.2) is 0 Å². The zero-order chi connectivity index (χ0) is 13.2. The highest BCUT2D eigenvalue weighted by atomic mass is 32.1. The van der Waals surface area contributed by atoms with Crippen LogP contribution >= 0.6 is 11.3 Å². The van der Waals surface area contributed by atoms with Crippen LogP contribution in [-0.2, 0) is 6.54 Å². The average molecular weight is 271 g/mol. The van der Waals surface area contributed by atoms with Crippen LogP contribution in [0.5, 0.6) is 0 Å². The third-order valence-corrected chi connectivity index (χ3v) is 4.31. The number of hydrogen-bond acceptors (Lipinski definition) is 2. The number of amides is 1. The van der Waals surface area contributed by atoms with Gasteiger partial charge in [-0.1, -0.05) is 23.8 Å². The van der Waals surface area contributed by atoms with Crippen molar-refractivity contribution in [2.24, 2.45) is 0 Å². The van der Waals surface area contributed by atoms with Gasteiger partial charge in [-0.3, -0.25) is 4.79 Å². The quantitative estimate of drug-likeness (QED) is 0.827. The third-order valence-electron chi connectivity index (χ3n) is 3.45. The summed E-state index contributed by atoms with van der Waals surface area (Å²) in [4.78, 5) is 15.9. The normalized spacial score (nSPS) is 14.4. The van der Waals surface area contributed by atoms with Crippen LogP contribution in [0, 0.1) is 6.92 Å². The van der Waals surface area contributed by atoms with Crippen LogP contribution in [0.15, 0.2) is 41.8 Å². The Kier molecular flexibility index (Phi) is 3.38. The van der Waals surface area contributed by atoms with Crippen molar-refractivity contribution in [1.82, 2.24) is 4.90 Å². The molecule has 2 aromatic rings. The standard InChI is InChI=1S/C16H17NOS/c1-12-4-6-13(7-5-12)16(18)17(14-8-9-14)11-15-3-2-10-19-15/h2-7,10,14H,8-9,11H2,1H3. The summed E-state index contributed by atoms with van der Waals surface area (Å²) in [6, 6.07) is 12.5. The van der Waals surface area contributed by atoms with E-state index in [0.717, 1.165) is 24.9 Å². The summed E-state index contributed by atoms with van der Waals surface area (Å²) in [6.07, 6.45) is 2.28. The molecule has 0 atom stereocenters. The van der Waals surface area contributed by atoms with Crippen molar-refractivity contribution in [3.8, 4) is 0 Å². The van der Waals surface area contributed by atoms with Crippen molar-refractivity contribution in [1.29, 1.82) is 0 Å². The molecule has 1 aliphatic rings. The van der Waals surface area contributed by atoms with Gasteiger partial charge in [-0.2, -0.15) is 0 Å². The number of carbonyl (C=O) groups excluding carboxylic acids is 1. The van der Waals surface area contributed by atoms with E-state index >= 15 is 0 Å². The summed E-state index contributed by atoms with van der Waals surface area (Å²) in [5.74, 6) is 0.163. The molecule has 1 aromatic carbocycles. The molecule has 1 saturated carbocycles. The Morgan fingerprint density at radius 1 is 1.26 bits per heavy atom. The first-order valence-electron chi connectivity index (χ1n) is 6.64. The number of hydrogen-bond donors (Lipinski definition) is 0. The SMILES string of the molecule is Cc1ccc(C(=O)N(Cc2cccs2)C2CC2)cc1. The topological polar surface area (TPSA) is 20.3 Å². The summed E-state index contributed by atoms with van der Waals surface area (Å²) in [5.41, 5.74) is 1.99. The zero-order valence-electron chi connectivity index (χ0n) is 11.0. The second kappa shape index (κ2) is 5.17. The summed E-state index contributed by atoms with van der Waals surface area (Å²) in [6.45, 7) is 2.79. The first-order valence-corrected chi connectivity index (χ1v) is 7.52. The molecule has 0 aliphatic heterocycles. The van der Waals surface area contributed by atoms with E-state index in [1.807, 2.05) is 42.2 Å². The molecule has 19 heavy (non-hydrogen) atoms. The Hall–Kier alpha value is -1.61. The molecule has 0 saturated heterocycles. The van der Waals surface area contributed by atoms with Crippen molar-refractivity contribution in [3.05, 3.63) is 57.8 Å². The van der Waals surface area contributed by atoms with E-state index in [1.54, 1.807) is 11.3 Å². The first kappa shape index (κ1) is 12.4. The first-order chi connectivity index (χ1) is 9.24. The molecule has 98 valence electrons. The summed E-state index contributed by atoms with van der Waals surface area (Å²) >= 11 is 1.72. The minimum Gasteiger partial charge on any atom is -0.331 e. The Morgan fingerprint density at radius 2 is 2.00 bits per heavy atom. The highest BCUT2D eigenvalue weighted by Gasteiger charge is 2.33. The van der Waals surface area contributed by atoms with Crippen molar-refractivity contribution >= 4 is 17.2 Å². The predicted molar refractivity (Wildman–Crippen MR) is 78.4 cm³/mol. The van der Waals surface area contributed by atoms with Crippen molar-refractivity contribution in [2.45, 2.75) is 32.4 Å². The maximum atomic E-state index is 12.6. The molecule has 1 aliphatic carbocycles. The summed E-state index contributed by atoms with van der Waals surface area (Å²) in [5, 5.41) is 2.07. The number of nitrogens with zero attached hydrogens (tertiary/aromatic N) is 1. The van der Waals surface area contributed by atoms with E-state index in [2.05, 4.69) is 11.4 Å². The molecule has 3 rings (SSSR count). The van der Waals surface area contributed by atoms with Gasteiger partial charge in [0.1, 0.15) is 0 Å². The molecule has 1 amide bonds. The molecule has 0 bridgehead atoms. The van der Waals surface area contributed by atoms with Gasteiger partial charge >= 0.3 is 0 Å². The van der Waals surface area contributed by atoms with Crippen LogP contribution in [0.25, 0.3) is 0 Å². The molecule has 3 heteroatoms. The zero-order valence-corrected chi connectivity index (χ0v) is 11.8. The Morgan fingerprint density at radius 3 is 2.58 bits per heavy atom. The Balaban J connectivity index is 1.79. The highest BCUT2D eigenvalue weighted by molar-refractivity contribution is 7.09. The van der Waals surface area contributed by atoms with Crippen molar-refractivity contribution in [2.75, 3.05) is 0 Å². The number of aryl methyl sites for hydroxylation is 1. The van der Waals surface area contributed by atoms with Crippen molar-refractivity contribution in [3.63, 3.8) is 0 Å². The molecule has 0 radical (unpaired) electrons. The van der Waals surface area contributed by atoms with Gasteiger partial charge in [0.2, 0.25) is 0 Å². The number of rotatable bonds is 4. The fourth-order valence-electron chi connectivity index (χ4n) is 2.19. The lowest BCUT2D eigenvalue weighted by molar-refractivity contribution is 0.0731. The highest BCUT2D eigenvalue weighted by Crippen LogP contribution is 2.30. The van der Waals surface area contributed by atoms with Gasteiger partial charge in [-0.05, 0) is 43.3 Å². The van der Waals surface area contributed by atoms with Crippen molar-refractivity contribution < 1.29 is 4.79 Å². The largest absolute Gasteiger partial charge is 0.331 e. The van der Waals surface area contributed by atoms with Crippen LogP contribution in [-0.4, -0.2) is 16.8 Å². The molecule has 1 aromatic heterocycles. The molecular formula is C16H17NOS. The van der Waals surface area contributed by atoms with E-state index in [1.165, 1.54) is 10.4 Å². The molecule has 0 spiro atoms. The van der Waals surface area contributed by atoms with Crippen LogP contribution in [0.4, 0.5) is 0 Å². The average Bonchev–Trinajstić information content (AvgIpc) is 3.13. The van der Waals surface area contributed by atoms with E-state index in [0.29, 0.717) is 6.04 Å². The van der Waals surface area contributed by atoms with Gasteiger partial charge in [0.25, 0.3) is 5.91 Å². The minimum atomic E-state index is 0.163. The van der Waals surface area contributed by atoms with Crippen LogP contribution in [0.2, 0.25) is 0 Å². The summed E-state index contributed by atoms with van der Waals surface area (Å²) in [7, 11) is 0. The molecule has 1 fully saturated rings. The third kappa shape index (κ3) is 2.87.